The highest BCUT2D eigenvalue weighted by Gasteiger charge is 2.38. The van der Waals surface area contributed by atoms with Crippen LogP contribution >= 0.6 is 0 Å². The minimum atomic E-state index is -0.202. The monoisotopic (exact) mass is 356 g/mol. The van der Waals surface area contributed by atoms with Crippen LogP contribution in [0.3, 0.4) is 0 Å². The van der Waals surface area contributed by atoms with Crippen LogP contribution in [-0.2, 0) is 19.1 Å². The van der Waals surface area contributed by atoms with Crippen molar-refractivity contribution in [2.45, 2.75) is 84.8 Å². The Labute approximate surface area is 152 Å². The number of hydrogen-bond donors (Lipinski definition) is 1. The van der Waals surface area contributed by atoms with Gasteiger partial charge in [0.1, 0.15) is 6.10 Å². The maximum absolute atomic E-state index is 11.1. The maximum Gasteiger partial charge on any atom is 0.308 e. The van der Waals surface area contributed by atoms with Crippen LogP contribution in [0.4, 0.5) is 0 Å². The van der Waals surface area contributed by atoms with Crippen molar-refractivity contribution in [2.24, 2.45) is 23.7 Å². The summed E-state index contributed by atoms with van der Waals surface area (Å²) in [6, 6.07) is 0. The lowest BCUT2D eigenvalue weighted by molar-refractivity contribution is -0.162. The van der Waals surface area contributed by atoms with Gasteiger partial charge >= 0.3 is 11.9 Å². The second-order valence-electron chi connectivity index (χ2n) is 7.72. The van der Waals surface area contributed by atoms with E-state index < -0.39 is 0 Å². The van der Waals surface area contributed by atoms with Gasteiger partial charge in [-0.15, -0.1) is 0 Å². The number of carbonyl (C=O) groups excluding carboxylic acids is 2. The second-order valence-corrected chi connectivity index (χ2v) is 7.72. The molecule has 1 N–H and O–H groups in total. The molecule has 5 nitrogen and oxygen atoms in total. The number of esters is 2. The van der Waals surface area contributed by atoms with Gasteiger partial charge in [0, 0.05) is 0 Å². The lowest BCUT2D eigenvalue weighted by Crippen LogP contribution is -2.33. The molecule has 6 unspecified atom stereocenters. The lowest BCUT2D eigenvalue weighted by atomic mass is 9.90. The first-order chi connectivity index (χ1) is 11.4. The summed E-state index contributed by atoms with van der Waals surface area (Å²) >= 11 is 0. The van der Waals surface area contributed by atoms with E-state index in [1.165, 1.54) is 20.0 Å². The molecule has 25 heavy (non-hydrogen) atoms. The van der Waals surface area contributed by atoms with Gasteiger partial charge in [-0.2, -0.15) is 0 Å². The lowest BCUT2D eigenvalue weighted by Gasteiger charge is -2.28. The molecule has 1 aliphatic heterocycles. The molecule has 0 bridgehead atoms. The molecule has 2 saturated carbocycles. The van der Waals surface area contributed by atoms with Crippen LogP contribution in [0.2, 0.25) is 0 Å². The molecule has 1 heterocycles. The molecule has 0 radical (unpaired) electrons. The molecule has 3 rings (SSSR count). The number of ether oxygens (including phenoxy) is 2. The van der Waals surface area contributed by atoms with Crippen molar-refractivity contribution in [1.29, 1.82) is 0 Å². The molecular formula is C20H36O5. The third-order valence-corrected chi connectivity index (χ3v) is 5.79. The van der Waals surface area contributed by atoms with E-state index in [1.807, 2.05) is 13.8 Å². The van der Waals surface area contributed by atoms with Crippen molar-refractivity contribution in [2.75, 3.05) is 7.11 Å². The molecule has 6 atom stereocenters. The van der Waals surface area contributed by atoms with Gasteiger partial charge in [-0.05, 0) is 56.8 Å². The topological polar surface area (TPSA) is 72.8 Å². The van der Waals surface area contributed by atoms with E-state index in [9.17, 15) is 14.7 Å². The van der Waals surface area contributed by atoms with Gasteiger partial charge in [-0.25, -0.2) is 0 Å². The van der Waals surface area contributed by atoms with Crippen molar-refractivity contribution in [3.8, 4) is 0 Å². The van der Waals surface area contributed by atoms with Crippen LogP contribution in [0.25, 0.3) is 0 Å². The zero-order valence-electron chi connectivity index (χ0n) is 15.2. The van der Waals surface area contributed by atoms with E-state index in [4.69, 9.17) is 4.74 Å². The Bertz CT molecular complexity index is 436. The van der Waals surface area contributed by atoms with Crippen LogP contribution in [0.15, 0.2) is 0 Å². The molecule has 3 fully saturated rings. The third-order valence-electron chi connectivity index (χ3n) is 5.79. The fourth-order valence-electron chi connectivity index (χ4n) is 4.29. The van der Waals surface area contributed by atoms with E-state index >= 15 is 0 Å². The second kappa shape index (κ2) is 10.1. The summed E-state index contributed by atoms with van der Waals surface area (Å²) in [5, 5.41) is 9.54. The predicted octanol–water partition coefficient (Wildman–Crippen LogP) is 3.72. The minimum absolute atomic E-state index is 0. The van der Waals surface area contributed by atoms with Crippen LogP contribution in [0.1, 0.15) is 72.6 Å². The van der Waals surface area contributed by atoms with E-state index in [0.717, 1.165) is 38.5 Å². The van der Waals surface area contributed by atoms with E-state index in [-0.39, 0.29) is 43.4 Å². The van der Waals surface area contributed by atoms with Crippen LogP contribution < -0.4 is 0 Å². The molecule has 0 aromatic carbocycles. The van der Waals surface area contributed by atoms with Gasteiger partial charge in [-0.1, -0.05) is 27.7 Å². The number of rotatable bonds is 3. The molecule has 3 aliphatic rings. The Kier molecular flexibility index (Phi) is 8.91. The Morgan fingerprint density at radius 2 is 1.96 bits per heavy atom. The summed E-state index contributed by atoms with van der Waals surface area (Å²) in [5.41, 5.74) is 0. The number of methoxy groups -OCH3 is 1. The van der Waals surface area contributed by atoms with Crippen molar-refractivity contribution in [3.05, 3.63) is 0 Å². The molecule has 0 aromatic heterocycles. The first-order valence-electron chi connectivity index (χ1n) is 9.38. The standard InChI is InChI=1S/C10H18O3.C9H14O2.CH4/c1-7(10(12)13-2)6-8-4-3-5-9(8)11;1-6-5-7-3-2-4-8(7)11-9(6)10;/h7-9,11H,3-6H2,1-2H3;6-8H,2-5H2,1H3;1H4. The summed E-state index contributed by atoms with van der Waals surface area (Å²) in [7, 11) is 1.41. The first-order valence-corrected chi connectivity index (χ1v) is 9.38. The fourth-order valence-corrected chi connectivity index (χ4v) is 4.29. The normalized spacial score (nSPS) is 34.7. The maximum atomic E-state index is 11.1. The average molecular weight is 357 g/mol. The molecule has 2 aliphatic carbocycles. The van der Waals surface area contributed by atoms with Gasteiger partial charge in [0.25, 0.3) is 0 Å². The van der Waals surface area contributed by atoms with Crippen molar-refractivity contribution in [3.63, 3.8) is 0 Å². The van der Waals surface area contributed by atoms with Crippen molar-refractivity contribution >= 4 is 11.9 Å². The molecule has 5 heteroatoms. The average Bonchev–Trinajstić information content (AvgIpc) is 3.17. The number of hydrogen-bond acceptors (Lipinski definition) is 5. The van der Waals surface area contributed by atoms with Crippen LogP contribution in [0, 0.1) is 23.7 Å². The molecular weight excluding hydrogens is 320 g/mol. The number of aliphatic hydroxyl groups is 1. The molecule has 146 valence electrons. The fraction of sp³-hybridized carbons (Fsp3) is 0.900. The number of fused-ring (bicyclic) bond motifs is 1. The summed E-state index contributed by atoms with van der Waals surface area (Å²) in [6.07, 6.45) is 8.52. The molecule has 0 spiro atoms. The zero-order valence-corrected chi connectivity index (χ0v) is 15.2. The number of carbonyl (C=O) groups is 2. The highest BCUT2D eigenvalue weighted by Crippen LogP contribution is 2.37. The summed E-state index contributed by atoms with van der Waals surface area (Å²) in [5.74, 6) is 0.904. The van der Waals surface area contributed by atoms with E-state index in [1.54, 1.807) is 0 Å². The van der Waals surface area contributed by atoms with Gasteiger partial charge < -0.3 is 14.6 Å². The van der Waals surface area contributed by atoms with E-state index in [2.05, 4.69) is 4.74 Å². The summed E-state index contributed by atoms with van der Waals surface area (Å²) in [6.45, 7) is 3.83. The Morgan fingerprint density at radius 1 is 1.28 bits per heavy atom. The predicted molar refractivity (Wildman–Crippen MR) is 96.9 cm³/mol. The van der Waals surface area contributed by atoms with Crippen LogP contribution in [-0.4, -0.2) is 36.4 Å². The molecule has 0 amide bonds. The molecule has 1 saturated heterocycles. The summed E-state index contributed by atoms with van der Waals surface area (Å²) in [4.78, 5) is 22.2. The molecule has 0 aromatic rings. The quantitative estimate of drug-likeness (QED) is 0.780. The highest BCUT2D eigenvalue weighted by molar-refractivity contribution is 5.73. The SMILES string of the molecule is C.CC1CC2CCCC2OC1=O.COC(=O)C(C)CC1CCCC1O. The van der Waals surface area contributed by atoms with Gasteiger partial charge in [-0.3, -0.25) is 9.59 Å². The largest absolute Gasteiger partial charge is 0.469 e. The van der Waals surface area contributed by atoms with Crippen molar-refractivity contribution in [1.82, 2.24) is 0 Å². The summed E-state index contributed by atoms with van der Waals surface area (Å²) < 4.78 is 9.92. The van der Waals surface area contributed by atoms with Crippen LogP contribution in [0.5, 0.6) is 0 Å². The van der Waals surface area contributed by atoms with E-state index in [0.29, 0.717) is 11.8 Å². The third kappa shape index (κ3) is 5.98. The Hall–Kier alpha value is -1.10. The Balaban J connectivity index is 0.000000243. The first kappa shape index (κ1) is 21.9. The van der Waals surface area contributed by atoms with Crippen molar-refractivity contribution < 1.29 is 24.2 Å². The van der Waals surface area contributed by atoms with Gasteiger partial charge in [0.2, 0.25) is 0 Å². The Morgan fingerprint density at radius 3 is 2.56 bits per heavy atom. The number of aliphatic hydroxyl groups excluding tert-OH is 1. The zero-order chi connectivity index (χ0) is 17.7. The highest BCUT2D eigenvalue weighted by atomic mass is 16.5. The smallest absolute Gasteiger partial charge is 0.308 e. The minimum Gasteiger partial charge on any atom is -0.469 e. The van der Waals surface area contributed by atoms with Gasteiger partial charge in [0.15, 0.2) is 0 Å². The van der Waals surface area contributed by atoms with Gasteiger partial charge in [0.05, 0.1) is 25.0 Å².